The summed E-state index contributed by atoms with van der Waals surface area (Å²) in [5.74, 6) is 3.15. The van der Waals surface area contributed by atoms with Crippen molar-refractivity contribution in [2.75, 3.05) is 4.90 Å². The van der Waals surface area contributed by atoms with Crippen LogP contribution in [0.3, 0.4) is 0 Å². The van der Waals surface area contributed by atoms with Gasteiger partial charge in [0.05, 0.1) is 11.7 Å². The number of thiocarbonyl (C=S) groups is 1. The third kappa shape index (κ3) is 4.95. The number of pyridine rings is 1. The molecule has 5 nitrogen and oxygen atoms in total. The smallest absolute Gasteiger partial charge is 0.174 e. The van der Waals surface area contributed by atoms with E-state index < -0.39 is 0 Å². The highest BCUT2D eigenvalue weighted by atomic mass is 79.9. The number of furan rings is 1. The average Bonchev–Trinajstić information content (AvgIpc) is 3.56. The van der Waals surface area contributed by atoms with Gasteiger partial charge in [0.25, 0.3) is 0 Å². The molecule has 0 saturated carbocycles. The Bertz CT molecular complexity index is 1550. The minimum atomic E-state index is -0.231. The summed E-state index contributed by atoms with van der Waals surface area (Å²) in [6.45, 7) is 2.06. The van der Waals surface area contributed by atoms with Gasteiger partial charge in [-0.05, 0) is 91.9 Å². The molecule has 3 aromatic carbocycles. The first-order chi connectivity index (χ1) is 18.5. The molecule has 188 valence electrons. The van der Waals surface area contributed by atoms with Crippen LogP contribution < -0.4 is 15.0 Å². The normalized spacial score (nSPS) is 16.9. The van der Waals surface area contributed by atoms with Crippen LogP contribution in [0.1, 0.15) is 29.1 Å². The molecule has 3 heterocycles. The van der Waals surface area contributed by atoms with Gasteiger partial charge in [-0.1, -0.05) is 51.8 Å². The lowest BCUT2D eigenvalue weighted by atomic mass is 10.0. The number of anilines is 1. The number of benzene rings is 3. The molecule has 6 rings (SSSR count). The lowest BCUT2D eigenvalue weighted by Gasteiger charge is -2.26. The maximum atomic E-state index is 6.45. The molecule has 0 spiro atoms. The molecule has 2 aromatic heterocycles. The monoisotopic (exact) mass is 581 g/mol. The van der Waals surface area contributed by atoms with Gasteiger partial charge in [-0.15, -0.1) is 0 Å². The molecule has 0 aliphatic carbocycles. The van der Waals surface area contributed by atoms with Gasteiger partial charge >= 0.3 is 0 Å². The second-order valence-corrected chi connectivity index (χ2v) is 10.4. The predicted octanol–water partition coefficient (Wildman–Crippen LogP) is 8.38. The number of aryl methyl sites for hydroxylation is 1. The molecule has 0 amide bonds. The van der Waals surface area contributed by atoms with Crippen molar-refractivity contribution >= 4 is 38.9 Å². The van der Waals surface area contributed by atoms with Crippen molar-refractivity contribution in [2.24, 2.45) is 0 Å². The second-order valence-electron chi connectivity index (χ2n) is 9.11. The molecule has 2 atom stereocenters. The molecule has 38 heavy (non-hydrogen) atoms. The Hall–Kier alpha value is -3.94. The number of hydrogen-bond acceptors (Lipinski definition) is 4. The number of halogens is 1. The molecular weight excluding hydrogens is 558 g/mol. The van der Waals surface area contributed by atoms with Gasteiger partial charge in [0.2, 0.25) is 0 Å². The summed E-state index contributed by atoms with van der Waals surface area (Å²) < 4.78 is 13.5. The van der Waals surface area contributed by atoms with E-state index in [4.69, 9.17) is 21.4 Å². The van der Waals surface area contributed by atoms with Crippen LogP contribution in [0.15, 0.2) is 118 Å². The van der Waals surface area contributed by atoms with E-state index >= 15 is 0 Å². The number of nitrogens with zero attached hydrogens (tertiary/aromatic N) is 2. The zero-order chi connectivity index (χ0) is 26.1. The fourth-order valence-electron chi connectivity index (χ4n) is 4.62. The van der Waals surface area contributed by atoms with E-state index in [1.54, 1.807) is 6.20 Å². The van der Waals surface area contributed by atoms with E-state index in [1.807, 2.05) is 103 Å². The maximum Gasteiger partial charge on any atom is 0.174 e. The number of rotatable bonds is 6. The van der Waals surface area contributed by atoms with E-state index in [0.29, 0.717) is 5.11 Å². The highest BCUT2D eigenvalue weighted by Crippen LogP contribution is 2.43. The van der Waals surface area contributed by atoms with Gasteiger partial charge in [0, 0.05) is 21.9 Å². The summed E-state index contributed by atoms with van der Waals surface area (Å²) in [4.78, 5) is 6.72. The summed E-state index contributed by atoms with van der Waals surface area (Å²) in [5, 5.41) is 4.09. The topological polar surface area (TPSA) is 50.5 Å². The minimum Gasteiger partial charge on any atom is -0.459 e. The van der Waals surface area contributed by atoms with E-state index in [1.165, 1.54) is 5.56 Å². The Labute approximate surface area is 235 Å². The predicted molar refractivity (Wildman–Crippen MR) is 157 cm³/mol. The zero-order valence-electron chi connectivity index (χ0n) is 20.5. The van der Waals surface area contributed by atoms with Crippen molar-refractivity contribution < 1.29 is 9.15 Å². The zero-order valence-corrected chi connectivity index (χ0v) is 22.9. The summed E-state index contributed by atoms with van der Waals surface area (Å²) >= 11 is 9.35. The van der Waals surface area contributed by atoms with Crippen molar-refractivity contribution in [3.05, 3.63) is 131 Å². The number of aromatic nitrogens is 1. The third-order valence-corrected chi connectivity index (χ3v) is 7.36. The van der Waals surface area contributed by atoms with Gasteiger partial charge in [-0.25, -0.2) is 0 Å². The molecule has 1 aliphatic heterocycles. The first-order valence-corrected chi connectivity index (χ1v) is 13.5. The number of ether oxygens (including phenoxy) is 1. The molecule has 0 radical (unpaired) electrons. The van der Waals surface area contributed by atoms with Crippen LogP contribution in [-0.4, -0.2) is 10.1 Å². The minimum absolute atomic E-state index is 0.184. The fraction of sp³-hybridized carbons (Fsp3) is 0.0968. The van der Waals surface area contributed by atoms with Crippen molar-refractivity contribution in [1.29, 1.82) is 0 Å². The largest absolute Gasteiger partial charge is 0.459 e. The summed E-state index contributed by atoms with van der Waals surface area (Å²) in [7, 11) is 0. The summed E-state index contributed by atoms with van der Waals surface area (Å²) in [6, 6.07) is 33.6. The standard InChI is InChI=1S/C31H24BrN3O2S/c1-20-5-13-24(14-6-20)36-25-15-11-23(12-16-25)35-30(29(34-31(35)38)26-4-2-3-19-33-26)28-18-17-27(37-28)21-7-9-22(32)10-8-21/h2-19,29-30H,1H3,(H,34,38). The molecule has 1 N–H and O–H groups in total. The molecule has 1 aliphatic rings. The Balaban J connectivity index is 1.34. The Morgan fingerprint density at radius 2 is 1.58 bits per heavy atom. The van der Waals surface area contributed by atoms with Crippen molar-refractivity contribution in [1.82, 2.24) is 10.3 Å². The van der Waals surface area contributed by atoms with Crippen molar-refractivity contribution in [3.8, 4) is 22.8 Å². The lowest BCUT2D eigenvalue weighted by Crippen LogP contribution is -2.29. The molecule has 5 aromatic rings. The number of nitrogens with one attached hydrogen (secondary N) is 1. The van der Waals surface area contributed by atoms with Gasteiger partial charge in [-0.3, -0.25) is 4.98 Å². The Morgan fingerprint density at radius 1 is 0.868 bits per heavy atom. The van der Waals surface area contributed by atoms with Crippen LogP contribution in [0.4, 0.5) is 5.69 Å². The van der Waals surface area contributed by atoms with Gasteiger partial charge in [-0.2, -0.15) is 0 Å². The molecule has 1 saturated heterocycles. The van der Waals surface area contributed by atoms with E-state index in [-0.39, 0.29) is 12.1 Å². The van der Waals surface area contributed by atoms with Crippen LogP contribution in [0.5, 0.6) is 11.5 Å². The Morgan fingerprint density at radius 3 is 2.26 bits per heavy atom. The first kappa shape index (κ1) is 24.4. The van der Waals surface area contributed by atoms with Crippen molar-refractivity contribution in [3.63, 3.8) is 0 Å². The van der Waals surface area contributed by atoms with E-state index in [0.717, 1.165) is 44.4 Å². The van der Waals surface area contributed by atoms with Crippen LogP contribution >= 0.6 is 28.1 Å². The van der Waals surface area contributed by atoms with E-state index in [2.05, 4.69) is 38.1 Å². The van der Waals surface area contributed by atoms with Gasteiger partial charge in [0.15, 0.2) is 5.11 Å². The molecule has 7 heteroatoms. The number of hydrogen-bond donors (Lipinski definition) is 1. The summed E-state index contributed by atoms with van der Waals surface area (Å²) in [5.41, 5.74) is 4.02. The quantitative estimate of drug-likeness (QED) is 0.203. The maximum absolute atomic E-state index is 6.45. The van der Waals surface area contributed by atoms with Crippen LogP contribution in [-0.2, 0) is 0 Å². The lowest BCUT2D eigenvalue weighted by molar-refractivity contribution is 0.439. The third-order valence-electron chi connectivity index (χ3n) is 6.52. The van der Waals surface area contributed by atoms with Gasteiger partial charge < -0.3 is 19.4 Å². The van der Waals surface area contributed by atoms with Crippen LogP contribution in [0.2, 0.25) is 0 Å². The fourth-order valence-corrected chi connectivity index (χ4v) is 5.23. The molecule has 1 fully saturated rings. The van der Waals surface area contributed by atoms with Crippen molar-refractivity contribution in [2.45, 2.75) is 19.0 Å². The highest BCUT2D eigenvalue weighted by Gasteiger charge is 2.42. The van der Waals surface area contributed by atoms with E-state index in [9.17, 15) is 0 Å². The SMILES string of the molecule is Cc1ccc(Oc2ccc(N3C(=S)NC(c4ccccn4)C3c3ccc(-c4ccc(Br)cc4)o3)cc2)cc1. The molecule has 0 bridgehead atoms. The Kier molecular flexibility index (Phi) is 6.70. The second kappa shape index (κ2) is 10.4. The van der Waals surface area contributed by atoms with Crippen LogP contribution in [0.25, 0.3) is 11.3 Å². The van der Waals surface area contributed by atoms with Gasteiger partial charge in [0.1, 0.15) is 29.1 Å². The average molecular weight is 583 g/mol. The molecular formula is C31H24BrN3O2S. The first-order valence-electron chi connectivity index (χ1n) is 12.3. The summed E-state index contributed by atoms with van der Waals surface area (Å²) in [6.07, 6.45) is 1.80. The molecule has 2 unspecified atom stereocenters. The highest BCUT2D eigenvalue weighted by molar-refractivity contribution is 9.10. The van der Waals surface area contributed by atoms with Crippen LogP contribution in [0, 0.1) is 6.92 Å².